The monoisotopic (exact) mass is 1370 g/mol. The molecule has 0 spiro atoms. The molecule has 19 heteroatoms. The maximum absolute atomic E-state index is 13.1. The minimum absolute atomic E-state index is 0.0786. The first-order valence-electron chi connectivity index (χ1n) is 37.9. The van der Waals surface area contributed by atoms with Crippen LogP contribution in [0.4, 0.5) is 0 Å². The maximum Gasteiger partial charge on any atom is 0.472 e. The van der Waals surface area contributed by atoms with Crippen LogP contribution >= 0.6 is 15.6 Å². The van der Waals surface area contributed by atoms with Gasteiger partial charge in [-0.05, 0) is 77.0 Å². The summed E-state index contributed by atoms with van der Waals surface area (Å²) < 4.78 is 68.4. The van der Waals surface area contributed by atoms with E-state index in [1.165, 1.54) is 148 Å². The zero-order valence-electron chi connectivity index (χ0n) is 59.9. The predicted molar refractivity (Wildman–Crippen MR) is 381 cm³/mol. The van der Waals surface area contributed by atoms with Crippen molar-refractivity contribution in [3.63, 3.8) is 0 Å². The molecule has 2 unspecified atom stereocenters. The molecule has 0 heterocycles. The number of allylic oxidation sites excluding steroid dienone is 8. The number of carbonyl (C=O) groups is 4. The van der Waals surface area contributed by atoms with Gasteiger partial charge in [-0.25, -0.2) is 9.13 Å². The van der Waals surface area contributed by atoms with E-state index >= 15 is 0 Å². The van der Waals surface area contributed by atoms with Crippen molar-refractivity contribution in [2.45, 2.75) is 367 Å². The van der Waals surface area contributed by atoms with Gasteiger partial charge in [0, 0.05) is 25.7 Å². The van der Waals surface area contributed by atoms with Crippen LogP contribution < -0.4 is 0 Å². The third-order valence-electron chi connectivity index (χ3n) is 16.4. The van der Waals surface area contributed by atoms with Crippen LogP contribution in [0.15, 0.2) is 48.6 Å². The molecule has 0 saturated carbocycles. The van der Waals surface area contributed by atoms with Gasteiger partial charge in [-0.15, -0.1) is 0 Å². The third kappa shape index (κ3) is 67.6. The summed E-state index contributed by atoms with van der Waals surface area (Å²) in [6.07, 6.45) is 63.9. The number of hydrogen-bond acceptors (Lipinski definition) is 15. The average molecular weight is 1370 g/mol. The van der Waals surface area contributed by atoms with E-state index in [1.54, 1.807) is 0 Å². The summed E-state index contributed by atoms with van der Waals surface area (Å²) >= 11 is 0. The van der Waals surface area contributed by atoms with Crippen molar-refractivity contribution in [2.75, 3.05) is 39.6 Å². The summed E-state index contributed by atoms with van der Waals surface area (Å²) in [5, 5.41) is 10.6. The summed E-state index contributed by atoms with van der Waals surface area (Å²) in [6.45, 7) is 4.84. The zero-order chi connectivity index (χ0) is 69.0. The van der Waals surface area contributed by atoms with E-state index in [0.29, 0.717) is 25.7 Å². The fourth-order valence-corrected chi connectivity index (χ4v) is 12.1. The van der Waals surface area contributed by atoms with Crippen molar-refractivity contribution in [3.8, 4) is 0 Å². The number of aliphatic hydroxyl groups is 1. The van der Waals surface area contributed by atoms with Crippen LogP contribution in [0.25, 0.3) is 0 Å². The summed E-state index contributed by atoms with van der Waals surface area (Å²) in [4.78, 5) is 72.7. The number of rotatable bonds is 72. The molecule has 0 aliphatic rings. The van der Waals surface area contributed by atoms with Crippen LogP contribution in [0.2, 0.25) is 0 Å². The Bertz CT molecular complexity index is 1980. The number of hydrogen-bond donors (Lipinski definition) is 3. The number of esters is 4. The molecule has 0 aliphatic carbocycles. The Kier molecular flexibility index (Phi) is 66.4. The molecular formula is C75H138O17P2. The summed E-state index contributed by atoms with van der Waals surface area (Å²) in [6, 6.07) is 0. The molecule has 17 nitrogen and oxygen atoms in total. The third-order valence-corrected chi connectivity index (χ3v) is 18.3. The molecule has 0 aromatic carbocycles. The summed E-state index contributed by atoms with van der Waals surface area (Å²) in [7, 11) is -9.93. The van der Waals surface area contributed by atoms with Crippen molar-refractivity contribution in [1.29, 1.82) is 0 Å². The Balaban J connectivity index is 5.32. The Morgan fingerprint density at radius 1 is 0.298 bits per heavy atom. The van der Waals surface area contributed by atoms with Gasteiger partial charge in [0.2, 0.25) is 0 Å². The zero-order valence-corrected chi connectivity index (χ0v) is 61.7. The van der Waals surface area contributed by atoms with Crippen molar-refractivity contribution in [1.82, 2.24) is 0 Å². The maximum atomic E-state index is 13.1. The van der Waals surface area contributed by atoms with Gasteiger partial charge in [-0.2, -0.15) is 0 Å². The molecular weight excluding hydrogens is 1230 g/mol. The Hall–Kier alpha value is -2.98. The van der Waals surface area contributed by atoms with E-state index in [9.17, 15) is 43.2 Å². The highest BCUT2D eigenvalue weighted by atomic mass is 31.2. The van der Waals surface area contributed by atoms with Crippen LogP contribution in [-0.4, -0.2) is 96.7 Å². The average Bonchev–Trinajstić information content (AvgIpc) is 1.40. The highest BCUT2D eigenvalue weighted by molar-refractivity contribution is 7.47. The first-order chi connectivity index (χ1) is 45.7. The predicted octanol–water partition coefficient (Wildman–Crippen LogP) is 21.3. The minimum Gasteiger partial charge on any atom is -0.462 e. The van der Waals surface area contributed by atoms with Gasteiger partial charge in [-0.1, -0.05) is 295 Å². The highest BCUT2D eigenvalue weighted by Gasteiger charge is 2.30. The quantitative estimate of drug-likeness (QED) is 0.0169. The van der Waals surface area contributed by atoms with Crippen LogP contribution in [0, 0.1) is 0 Å². The van der Waals surface area contributed by atoms with E-state index < -0.39 is 97.5 Å². The van der Waals surface area contributed by atoms with Crippen LogP contribution in [0.5, 0.6) is 0 Å². The molecule has 94 heavy (non-hydrogen) atoms. The molecule has 0 saturated heterocycles. The van der Waals surface area contributed by atoms with Crippen LogP contribution in [0.1, 0.15) is 349 Å². The summed E-state index contributed by atoms with van der Waals surface area (Å²) in [5.74, 6) is -2.18. The van der Waals surface area contributed by atoms with Crippen LogP contribution in [0.3, 0.4) is 0 Å². The SMILES string of the molecule is CCCCCC/C=C\C=C/CCCCCCCC(=O)OC[C@H](COP(=O)(O)OC[C@@H](O)COP(=O)(O)OC[C@@H](COC(=O)CCCCCCCCCCCC)OC(=O)CCCCCCCCCCCCCCCC)OC(=O)CCCCCCC/C=C\C=C/CCCCCC. The van der Waals surface area contributed by atoms with Gasteiger partial charge in [0.15, 0.2) is 12.2 Å². The second kappa shape index (κ2) is 68.5. The van der Waals surface area contributed by atoms with Gasteiger partial charge < -0.3 is 33.8 Å². The topological polar surface area (TPSA) is 237 Å². The minimum atomic E-state index is -4.97. The number of phosphoric acid groups is 2. The molecule has 0 aromatic heterocycles. The van der Waals surface area contributed by atoms with E-state index in [-0.39, 0.29) is 25.7 Å². The molecule has 3 N–H and O–H groups in total. The van der Waals surface area contributed by atoms with Gasteiger partial charge in [0.05, 0.1) is 26.4 Å². The molecule has 0 radical (unpaired) electrons. The van der Waals surface area contributed by atoms with Crippen molar-refractivity contribution in [3.05, 3.63) is 48.6 Å². The molecule has 550 valence electrons. The van der Waals surface area contributed by atoms with Gasteiger partial charge in [0.1, 0.15) is 19.3 Å². The first-order valence-corrected chi connectivity index (χ1v) is 40.9. The highest BCUT2D eigenvalue weighted by Crippen LogP contribution is 2.45. The smallest absolute Gasteiger partial charge is 0.462 e. The van der Waals surface area contributed by atoms with E-state index in [4.69, 9.17) is 37.0 Å². The summed E-state index contributed by atoms with van der Waals surface area (Å²) in [5.41, 5.74) is 0. The van der Waals surface area contributed by atoms with E-state index in [2.05, 4.69) is 76.3 Å². The van der Waals surface area contributed by atoms with E-state index in [0.717, 1.165) is 122 Å². The lowest BCUT2D eigenvalue weighted by atomic mass is 10.0. The Morgan fingerprint density at radius 3 is 0.777 bits per heavy atom. The molecule has 0 bridgehead atoms. The largest absolute Gasteiger partial charge is 0.472 e. The number of ether oxygens (including phenoxy) is 4. The number of aliphatic hydroxyl groups excluding tert-OH is 1. The van der Waals surface area contributed by atoms with Gasteiger partial charge in [0.25, 0.3) is 0 Å². The normalized spacial score (nSPS) is 14.2. The molecule has 5 atom stereocenters. The second-order valence-corrected chi connectivity index (χ2v) is 28.6. The molecule has 0 rings (SSSR count). The molecule has 0 fully saturated rings. The molecule has 0 aliphatic heterocycles. The Labute approximate surface area is 572 Å². The Morgan fingerprint density at radius 2 is 0.511 bits per heavy atom. The van der Waals surface area contributed by atoms with Crippen molar-refractivity contribution in [2.24, 2.45) is 0 Å². The standard InChI is InChI=1S/C75H138O17P2/c1-5-9-13-17-21-25-29-32-35-38-40-44-48-52-56-60-73(78)86-66-71(92-75(80)62-58-54-50-46-42-39-36-33-30-26-22-18-14-10-6-2)68-90-94(83,84)88-64-69(76)63-87-93(81,82)89-67-70(65-85-72(77)59-55-51-47-43-28-24-20-16-12-8-4)91-74(79)61-57-53-49-45-41-37-34-31-27-23-19-15-11-7-3/h25-26,29-30,32-33,35-36,69-71,76H,5-24,27-28,31,34,37-68H2,1-4H3,(H,81,82)(H,83,84)/b29-25-,30-26-,35-32-,36-33-/t69-,70+,71+/m0/s1. The lowest BCUT2D eigenvalue weighted by Gasteiger charge is -2.21. The lowest BCUT2D eigenvalue weighted by Crippen LogP contribution is -2.30. The lowest BCUT2D eigenvalue weighted by molar-refractivity contribution is -0.161. The van der Waals surface area contributed by atoms with Crippen LogP contribution in [-0.2, 0) is 65.4 Å². The molecule has 0 aromatic rings. The van der Waals surface area contributed by atoms with Gasteiger partial charge in [-0.3, -0.25) is 37.3 Å². The number of unbranched alkanes of at least 4 members (excludes halogenated alkanes) is 40. The first kappa shape index (κ1) is 91.0. The second-order valence-electron chi connectivity index (χ2n) is 25.7. The van der Waals surface area contributed by atoms with Crippen molar-refractivity contribution >= 4 is 39.5 Å². The van der Waals surface area contributed by atoms with Gasteiger partial charge >= 0.3 is 39.5 Å². The number of phosphoric ester groups is 2. The van der Waals surface area contributed by atoms with E-state index in [1.807, 2.05) is 0 Å². The number of carbonyl (C=O) groups excluding carboxylic acids is 4. The van der Waals surface area contributed by atoms with Crippen molar-refractivity contribution < 1.29 is 80.2 Å². The fourth-order valence-electron chi connectivity index (χ4n) is 10.5. The molecule has 0 amide bonds. The fraction of sp³-hybridized carbons (Fsp3) is 0.840.